The number of para-hydroxylation sites is 2. The van der Waals surface area contributed by atoms with Crippen molar-refractivity contribution in [1.82, 2.24) is 4.90 Å². The Balaban J connectivity index is 1.87. The van der Waals surface area contributed by atoms with Gasteiger partial charge in [0.15, 0.2) is 11.5 Å². The van der Waals surface area contributed by atoms with Crippen LogP contribution in [0.5, 0.6) is 11.5 Å². The predicted octanol–water partition coefficient (Wildman–Crippen LogP) is 2.18. The van der Waals surface area contributed by atoms with E-state index in [1.165, 1.54) is 0 Å². The van der Waals surface area contributed by atoms with Crippen molar-refractivity contribution in [1.29, 1.82) is 0 Å². The van der Waals surface area contributed by atoms with Crippen molar-refractivity contribution in [3.05, 3.63) is 24.3 Å². The first-order valence-electron chi connectivity index (χ1n) is 7.81. The summed E-state index contributed by atoms with van der Waals surface area (Å²) >= 11 is 0. The van der Waals surface area contributed by atoms with Crippen molar-refractivity contribution in [2.24, 2.45) is 5.92 Å². The first-order valence-corrected chi connectivity index (χ1v) is 7.81. The van der Waals surface area contributed by atoms with Gasteiger partial charge in [-0.2, -0.15) is 0 Å². The number of carboxylic acids is 1. The Morgan fingerprint density at radius 3 is 2.61 bits per heavy atom. The van der Waals surface area contributed by atoms with Gasteiger partial charge in [0.05, 0.1) is 26.1 Å². The lowest BCUT2D eigenvalue weighted by atomic mass is 9.93. The fraction of sp³-hybridized carbons (Fsp3) is 0.529. The van der Waals surface area contributed by atoms with Crippen LogP contribution < -0.4 is 9.47 Å². The van der Waals surface area contributed by atoms with Crippen LogP contribution in [0, 0.1) is 5.92 Å². The van der Waals surface area contributed by atoms with Crippen molar-refractivity contribution in [2.45, 2.75) is 32.2 Å². The third-order valence-corrected chi connectivity index (χ3v) is 4.19. The van der Waals surface area contributed by atoms with Crippen molar-refractivity contribution in [3.63, 3.8) is 0 Å². The van der Waals surface area contributed by atoms with E-state index >= 15 is 0 Å². The normalized spacial score (nSPS) is 20.9. The number of hydrogen-bond donors (Lipinski definition) is 1. The number of hydrogen-bond acceptors (Lipinski definition) is 4. The monoisotopic (exact) mass is 321 g/mol. The van der Waals surface area contributed by atoms with Crippen LogP contribution in [0.1, 0.15) is 26.2 Å². The van der Waals surface area contributed by atoms with E-state index in [0.29, 0.717) is 17.9 Å². The molecule has 1 amide bonds. The minimum absolute atomic E-state index is 0.0710. The van der Waals surface area contributed by atoms with Gasteiger partial charge < -0.3 is 19.5 Å². The number of benzene rings is 1. The Morgan fingerprint density at radius 2 is 1.96 bits per heavy atom. The van der Waals surface area contributed by atoms with Gasteiger partial charge in [0.25, 0.3) is 0 Å². The molecule has 2 atom stereocenters. The molecule has 0 spiro atoms. The first-order chi connectivity index (χ1) is 11.0. The van der Waals surface area contributed by atoms with Crippen LogP contribution in [0.15, 0.2) is 24.3 Å². The van der Waals surface area contributed by atoms with Crippen LogP contribution in [0.4, 0.5) is 0 Å². The van der Waals surface area contributed by atoms with Crippen LogP contribution in [0.25, 0.3) is 0 Å². The molecule has 1 aliphatic rings. The van der Waals surface area contributed by atoms with Gasteiger partial charge in [-0.15, -0.1) is 0 Å². The topological polar surface area (TPSA) is 76.1 Å². The Labute approximate surface area is 136 Å². The van der Waals surface area contributed by atoms with Gasteiger partial charge in [-0.05, 0) is 31.9 Å². The zero-order chi connectivity index (χ0) is 16.8. The summed E-state index contributed by atoms with van der Waals surface area (Å²) in [4.78, 5) is 25.1. The van der Waals surface area contributed by atoms with Gasteiger partial charge in [-0.1, -0.05) is 12.1 Å². The molecule has 0 aliphatic carbocycles. The van der Waals surface area contributed by atoms with Crippen LogP contribution in [0.2, 0.25) is 0 Å². The number of methoxy groups -OCH3 is 1. The maximum atomic E-state index is 12.3. The largest absolute Gasteiger partial charge is 0.493 e. The fourth-order valence-electron chi connectivity index (χ4n) is 2.79. The molecule has 6 heteroatoms. The molecule has 2 unspecified atom stereocenters. The smallest absolute Gasteiger partial charge is 0.308 e. The molecule has 23 heavy (non-hydrogen) atoms. The number of likely N-dealkylation sites (tertiary alicyclic amines) is 1. The van der Waals surface area contributed by atoms with Crippen molar-refractivity contribution < 1.29 is 24.2 Å². The second-order valence-corrected chi connectivity index (χ2v) is 5.76. The fourth-order valence-corrected chi connectivity index (χ4v) is 2.79. The average Bonchev–Trinajstić information content (AvgIpc) is 2.55. The summed E-state index contributed by atoms with van der Waals surface area (Å²) in [5.41, 5.74) is 0. The molecule has 126 valence electrons. The molecule has 0 saturated carbocycles. The lowest BCUT2D eigenvalue weighted by molar-refractivity contribution is -0.147. The maximum Gasteiger partial charge on any atom is 0.308 e. The predicted molar refractivity (Wildman–Crippen MR) is 84.6 cm³/mol. The lowest BCUT2D eigenvalue weighted by Gasteiger charge is -2.36. The number of carbonyl (C=O) groups excluding carboxylic acids is 1. The molecular formula is C17H23NO5. The third kappa shape index (κ3) is 4.37. The van der Waals surface area contributed by atoms with Gasteiger partial charge in [0.2, 0.25) is 5.91 Å². The quantitative estimate of drug-likeness (QED) is 0.869. The number of amides is 1. The lowest BCUT2D eigenvalue weighted by Crippen LogP contribution is -2.47. The van der Waals surface area contributed by atoms with Crippen LogP contribution in [-0.4, -0.2) is 48.2 Å². The second kappa shape index (κ2) is 7.85. The highest BCUT2D eigenvalue weighted by Gasteiger charge is 2.32. The van der Waals surface area contributed by atoms with Crippen molar-refractivity contribution in [2.75, 3.05) is 20.3 Å². The van der Waals surface area contributed by atoms with E-state index in [1.54, 1.807) is 24.1 Å². The van der Waals surface area contributed by atoms with Crippen LogP contribution in [0.3, 0.4) is 0 Å². The Bertz CT molecular complexity index is 560. The van der Waals surface area contributed by atoms with E-state index in [0.717, 1.165) is 6.42 Å². The summed E-state index contributed by atoms with van der Waals surface area (Å²) in [6.07, 6.45) is 1.56. The number of rotatable bonds is 6. The zero-order valence-electron chi connectivity index (χ0n) is 13.5. The number of piperidine rings is 1. The Hall–Kier alpha value is -2.24. The summed E-state index contributed by atoms with van der Waals surface area (Å²) < 4.78 is 10.8. The number of carbonyl (C=O) groups is 2. The van der Waals surface area contributed by atoms with Crippen LogP contribution >= 0.6 is 0 Å². The molecule has 1 heterocycles. The second-order valence-electron chi connectivity index (χ2n) is 5.76. The summed E-state index contributed by atoms with van der Waals surface area (Å²) in [7, 11) is 1.56. The maximum absolute atomic E-state index is 12.3. The van der Waals surface area contributed by atoms with Gasteiger partial charge >= 0.3 is 5.97 Å². The molecule has 1 N–H and O–H groups in total. The number of ether oxygens (including phenoxy) is 2. The highest BCUT2D eigenvalue weighted by molar-refractivity contribution is 5.78. The van der Waals surface area contributed by atoms with Gasteiger partial charge in [-0.25, -0.2) is 0 Å². The van der Waals surface area contributed by atoms with Crippen molar-refractivity contribution in [3.8, 4) is 11.5 Å². The number of aliphatic carboxylic acids is 1. The molecule has 1 aliphatic heterocycles. The first kappa shape index (κ1) is 17.1. The van der Waals surface area contributed by atoms with Gasteiger partial charge in [-0.3, -0.25) is 9.59 Å². The molecule has 6 nitrogen and oxygen atoms in total. The highest BCUT2D eigenvalue weighted by atomic mass is 16.5. The number of carboxylic acid groups (broad SMARTS) is 1. The van der Waals surface area contributed by atoms with Gasteiger partial charge in [0.1, 0.15) is 0 Å². The minimum atomic E-state index is -0.833. The summed E-state index contributed by atoms with van der Waals surface area (Å²) in [6.45, 7) is 2.47. The standard InChI is InChI=1S/C17H23NO5/c1-12-7-8-13(17(20)21)11-18(12)16(19)9-10-23-15-6-4-3-5-14(15)22-2/h3-6,12-13H,7-11H2,1-2H3,(H,20,21). The van der Waals surface area contributed by atoms with E-state index in [9.17, 15) is 9.59 Å². The third-order valence-electron chi connectivity index (χ3n) is 4.19. The summed E-state index contributed by atoms with van der Waals surface area (Å²) in [6, 6.07) is 7.33. The van der Waals surface area contributed by atoms with Crippen molar-refractivity contribution >= 4 is 11.9 Å². The van der Waals surface area contributed by atoms with Crippen LogP contribution in [-0.2, 0) is 9.59 Å². The highest BCUT2D eigenvalue weighted by Crippen LogP contribution is 2.26. The minimum Gasteiger partial charge on any atom is -0.493 e. The van der Waals surface area contributed by atoms with E-state index in [4.69, 9.17) is 14.6 Å². The molecule has 1 aromatic carbocycles. The van der Waals surface area contributed by atoms with E-state index < -0.39 is 11.9 Å². The molecule has 1 saturated heterocycles. The Kier molecular flexibility index (Phi) is 5.84. The number of nitrogens with zero attached hydrogens (tertiary/aromatic N) is 1. The van der Waals surface area contributed by atoms with E-state index in [2.05, 4.69) is 0 Å². The molecule has 2 rings (SSSR count). The van der Waals surface area contributed by atoms with E-state index in [-0.39, 0.29) is 31.5 Å². The molecule has 0 aromatic heterocycles. The summed E-state index contributed by atoms with van der Waals surface area (Å²) in [5, 5.41) is 9.13. The molecule has 0 radical (unpaired) electrons. The van der Waals surface area contributed by atoms with Gasteiger partial charge in [0, 0.05) is 12.6 Å². The average molecular weight is 321 g/mol. The SMILES string of the molecule is COc1ccccc1OCCC(=O)N1CC(C(=O)O)CCC1C. The molecule has 0 bridgehead atoms. The summed E-state index contributed by atoms with van der Waals surface area (Å²) in [5.74, 6) is -0.154. The Morgan fingerprint density at radius 1 is 1.26 bits per heavy atom. The molecule has 1 aromatic rings. The molecule has 1 fully saturated rings. The molecular weight excluding hydrogens is 298 g/mol. The zero-order valence-corrected chi connectivity index (χ0v) is 13.5. The van der Waals surface area contributed by atoms with E-state index in [1.807, 2.05) is 19.1 Å².